The number of nitrogens with one attached hydrogen (secondary N) is 2. The van der Waals surface area contributed by atoms with Gasteiger partial charge in [-0.25, -0.2) is 4.99 Å². The largest absolute Gasteiger partial charge is 0.492 e. The van der Waals surface area contributed by atoms with E-state index in [0.717, 1.165) is 18.3 Å². The molecule has 0 aliphatic rings. The summed E-state index contributed by atoms with van der Waals surface area (Å²) in [6, 6.07) is 10.2. The van der Waals surface area contributed by atoms with Gasteiger partial charge in [0.2, 0.25) is 0 Å². The van der Waals surface area contributed by atoms with Crippen molar-refractivity contribution in [2.24, 2.45) is 12.0 Å². The summed E-state index contributed by atoms with van der Waals surface area (Å²) in [5.74, 6) is 1.70. The van der Waals surface area contributed by atoms with E-state index in [1.165, 1.54) is 11.1 Å². The molecule has 0 atom stereocenters. The molecule has 0 saturated carbocycles. The van der Waals surface area contributed by atoms with Gasteiger partial charge in [-0.15, -0.1) is 0 Å². The van der Waals surface area contributed by atoms with Crippen LogP contribution in [0.2, 0.25) is 0 Å². The van der Waals surface area contributed by atoms with Crippen LogP contribution in [0.5, 0.6) is 5.75 Å². The fraction of sp³-hybridized carbons (Fsp3) is 0.389. The summed E-state index contributed by atoms with van der Waals surface area (Å²) in [5, 5.41) is 6.53. The van der Waals surface area contributed by atoms with Crippen LogP contribution in [0.1, 0.15) is 18.1 Å². The molecule has 1 heterocycles. The average molecular weight is 314 g/mol. The Bertz CT molecular complexity index is 616. The lowest BCUT2D eigenvalue weighted by Gasteiger charge is -2.12. The number of nitrogens with zero attached hydrogens (tertiary/aromatic N) is 2. The first-order chi connectivity index (χ1) is 11.2. The van der Waals surface area contributed by atoms with E-state index in [4.69, 9.17) is 4.74 Å². The van der Waals surface area contributed by atoms with Crippen molar-refractivity contribution in [3.8, 4) is 5.75 Å². The highest BCUT2D eigenvalue weighted by atomic mass is 16.5. The van der Waals surface area contributed by atoms with Gasteiger partial charge in [0, 0.05) is 26.0 Å². The van der Waals surface area contributed by atoms with E-state index in [9.17, 15) is 0 Å². The van der Waals surface area contributed by atoms with E-state index in [-0.39, 0.29) is 0 Å². The SMILES string of the molecule is CCNC(=NCc1ccn(C)c1)NCCOc1ccc(C)cc1. The third kappa shape index (κ3) is 6.06. The first-order valence-electron chi connectivity index (χ1n) is 8.00. The average Bonchev–Trinajstić information content (AvgIpc) is 2.96. The van der Waals surface area contributed by atoms with Crippen LogP contribution in [0.4, 0.5) is 0 Å². The Morgan fingerprint density at radius 3 is 2.61 bits per heavy atom. The Hall–Kier alpha value is -2.43. The van der Waals surface area contributed by atoms with Gasteiger partial charge in [-0.3, -0.25) is 0 Å². The van der Waals surface area contributed by atoms with Crippen LogP contribution in [0.15, 0.2) is 47.7 Å². The maximum atomic E-state index is 5.71. The van der Waals surface area contributed by atoms with Crippen molar-refractivity contribution in [2.75, 3.05) is 19.7 Å². The second kappa shape index (κ2) is 8.88. The third-order valence-electron chi connectivity index (χ3n) is 3.34. The predicted octanol–water partition coefficient (Wildman–Crippen LogP) is 2.47. The molecule has 0 saturated heterocycles. The van der Waals surface area contributed by atoms with E-state index in [1.54, 1.807) is 0 Å². The highest BCUT2D eigenvalue weighted by Crippen LogP contribution is 2.10. The number of hydrogen-bond donors (Lipinski definition) is 2. The molecule has 0 radical (unpaired) electrons. The molecule has 0 spiro atoms. The Morgan fingerprint density at radius 2 is 1.96 bits per heavy atom. The van der Waals surface area contributed by atoms with Gasteiger partial charge in [0.1, 0.15) is 12.4 Å². The Labute approximate surface area is 138 Å². The lowest BCUT2D eigenvalue weighted by molar-refractivity contribution is 0.322. The molecule has 0 aliphatic heterocycles. The van der Waals surface area contributed by atoms with Crippen LogP contribution >= 0.6 is 0 Å². The van der Waals surface area contributed by atoms with Crippen molar-refractivity contribution in [3.63, 3.8) is 0 Å². The molecule has 2 N–H and O–H groups in total. The summed E-state index contributed by atoms with van der Waals surface area (Å²) in [6.07, 6.45) is 4.11. The van der Waals surface area contributed by atoms with Crippen LogP contribution in [-0.4, -0.2) is 30.2 Å². The number of aliphatic imine (C=N–C) groups is 1. The lowest BCUT2D eigenvalue weighted by atomic mass is 10.2. The van der Waals surface area contributed by atoms with E-state index in [2.05, 4.69) is 41.7 Å². The zero-order valence-electron chi connectivity index (χ0n) is 14.2. The summed E-state index contributed by atoms with van der Waals surface area (Å²) < 4.78 is 7.74. The molecule has 5 nitrogen and oxygen atoms in total. The fourth-order valence-electron chi connectivity index (χ4n) is 2.14. The molecule has 1 aromatic carbocycles. The molecule has 0 aliphatic carbocycles. The Morgan fingerprint density at radius 1 is 1.17 bits per heavy atom. The number of ether oxygens (including phenoxy) is 1. The monoisotopic (exact) mass is 314 g/mol. The minimum Gasteiger partial charge on any atom is -0.492 e. The molecule has 124 valence electrons. The third-order valence-corrected chi connectivity index (χ3v) is 3.34. The van der Waals surface area contributed by atoms with Gasteiger partial charge in [0.25, 0.3) is 0 Å². The van der Waals surface area contributed by atoms with E-state index in [0.29, 0.717) is 19.7 Å². The van der Waals surface area contributed by atoms with E-state index < -0.39 is 0 Å². The normalized spacial score (nSPS) is 11.3. The molecule has 2 aromatic rings. The summed E-state index contributed by atoms with van der Waals surface area (Å²) in [6.45, 7) is 6.92. The summed E-state index contributed by atoms with van der Waals surface area (Å²) in [5.41, 5.74) is 2.43. The van der Waals surface area contributed by atoms with Gasteiger partial charge in [0.15, 0.2) is 5.96 Å². The molecular weight excluding hydrogens is 288 g/mol. The zero-order valence-corrected chi connectivity index (χ0v) is 14.2. The first-order valence-corrected chi connectivity index (χ1v) is 8.00. The highest BCUT2D eigenvalue weighted by molar-refractivity contribution is 5.79. The molecule has 0 amide bonds. The summed E-state index contributed by atoms with van der Waals surface area (Å²) in [4.78, 5) is 4.58. The maximum absolute atomic E-state index is 5.71. The standard InChI is InChI=1S/C18H26N4O/c1-4-19-18(21-13-16-9-11-22(3)14-16)20-10-12-23-17-7-5-15(2)6-8-17/h5-9,11,14H,4,10,12-13H2,1-3H3,(H2,19,20,21). The highest BCUT2D eigenvalue weighted by Gasteiger charge is 1.99. The van der Waals surface area contributed by atoms with Crippen molar-refractivity contribution in [1.29, 1.82) is 0 Å². The molecule has 0 unspecified atom stereocenters. The Kier molecular flexibility index (Phi) is 6.54. The minimum atomic E-state index is 0.596. The van der Waals surface area contributed by atoms with Crippen molar-refractivity contribution in [1.82, 2.24) is 15.2 Å². The van der Waals surface area contributed by atoms with Gasteiger partial charge in [-0.1, -0.05) is 17.7 Å². The number of aromatic nitrogens is 1. The molecule has 0 fully saturated rings. The zero-order chi connectivity index (χ0) is 16.5. The molecule has 1 aromatic heterocycles. The van der Waals surface area contributed by atoms with Crippen molar-refractivity contribution in [3.05, 3.63) is 53.9 Å². The number of rotatable bonds is 7. The lowest BCUT2D eigenvalue weighted by Crippen LogP contribution is -2.39. The van der Waals surface area contributed by atoms with Gasteiger partial charge >= 0.3 is 0 Å². The van der Waals surface area contributed by atoms with Crippen molar-refractivity contribution in [2.45, 2.75) is 20.4 Å². The Balaban J connectivity index is 1.76. The smallest absolute Gasteiger partial charge is 0.191 e. The van der Waals surface area contributed by atoms with Crippen molar-refractivity contribution < 1.29 is 4.74 Å². The van der Waals surface area contributed by atoms with Crippen LogP contribution in [0.3, 0.4) is 0 Å². The predicted molar refractivity (Wildman–Crippen MR) is 94.9 cm³/mol. The first kappa shape index (κ1) is 16.9. The quantitative estimate of drug-likeness (QED) is 0.469. The summed E-state index contributed by atoms with van der Waals surface area (Å²) in [7, 11) is 2.01. The number of guanidine groups is 1. The number of benzene rings is 1. The number of hydrogen-bond acceptors (Lipinski definition) is 2. The van der Waals surface area contributed by atoms with Crippen LogP contribution in [-0.2, 0) is 13.6 Å². The molecular formula is C18H26N4O. The van der Waals surface area contributed by atoms with Gasteiger partial charge in [-0.2, -0.15) is 0 Å². The number of aryl methyl sites for hydroxylation is 2. The van der Waals surface area contributed by atoms with Gasteiger partial charge < -0.3 is 19.9 Å². The molecule has 0 bridgehead atoms. The van der Waals surface area contributed by atoms with E-state index in [1.807, 2.05) is 42.1 Å². The summed E-state index contributed by atoms with van der Waals surface area (Å²) >= 11 is 0. The second-order valence-corrected chi connectivity index (χ2v) is 5.47. The molecule has 23 heavy (non-hydrogen) atoms. The molecule has 5 heteroatoms. The van der Waals surface area contributed by atoms with Gasteiger partial charge in [0.05, 0.1) is 13.1 Å². The van der Waals surface area contributed by atoms with Gasteiger partial charge in [-0.05, 0) is 37.6 Å². The maximum Gasteiger partial charge on any atom is 0.191 e. The van der Waals surface area contributed by atoms with E-state index >= 15 is 0 Å². The van der Waals surface area contributed by atoms with Crippen LogP contribution < -0.4 is 15.4 Å². The van der Waals surface area contributed by atoms with Crippen LogP contribution in [0.25, 0.3) is 0 Å². The van der Waals surface area contributed by atoms with Crippen LogP contribution in [0, 0.1) is 6.92 Å². The van der Waals surface area contributed by atoms with Crippen molar-refractivity contribution >= 4 is 5.96 Å². The second-order valence-electron chi connectivity index (χ2n) is 5.47. The minimum absolute atomic E-state index is 0.596. The molecule has 2 rings (SSSR count). The fourth-order valence-corrected chi connectivity index (χ4v) is 2.14. The topological polar surface area (TPSA) is 50.6 Å².